The number of nitrogens with zero attached hydrogens (tertiary/aromatic N) is 1. The third-order valence-corrected chi connectivity index (χ3v) is 4.12. The van der Waals surface area contributed by atoms with Crippen molar-refractivity contribution >= 4 is 0 Å². The van der Waals surface area contributed by atoms with Gasteiger partial charge in [0.05, 0.1) is 0 Å². The molecule has 0 bridgehead atoms. The summed E-state index contributed by atoms with van der Waals surface area (Å²) in [4.78, 5) is 2.42. The summed E-state index contributed by atoms with van der Waals surface area (Å²) in [6, 6.07) is 9.05. The van der Waals surface area contributed by atoms with E-state index in [1.165, 1.54) is 18.4 Å². The second-order valence-corrected chi connectivity index (χ2v) is 6.98. The van der Waals surface area contributed by atoms with Crippen LogP contribution in [0.5, 0.6) is 5.75 Å². The zero-order valence-electron chi connectivity index (χ0n) is 14.8. The van der Waals surface area contributed by atoms with E-state index in [1.807, 2.05) is 0 Å². The maximum Gasteiger partial charge on any atom is 0.119 e. The topological polar surface area (TPSA) is 12.5 Å². The van der Waals surface area contributed by atoms with E-state index in [-0.39, 0.29) is 5.41 Å². The van der Waals surface area contributed by atoms with Gasteiger partial charge in [-0.25, -0.2) is 0 Å². The Morgan fingerprint density at radius 3 is 2.19 bits per heavy atom. The van der Waals surface area contributed by atoms with Gasteiger partial charge in [-0.3, -0.25) is 0 Å². The molecule has 0 saturated carbocycles. The smallest absolute Gasteiger partial charge is 0.119 e. The average molecular weight is 291 g/mol. The van der Waals surface area contributed by atoms with E-state index >= 15 is 0 Å². The van der Waals surface area contributed by atoms with Crippen LogP contribution in [0.4, 0.5) is 0 Å². The number of benzene rings is 1. The standard InChI is InChI=1S/C19H33NO/c1-7-9-14-20(6)17(8-2)15-21-18-12-10-16(11-13-18)19(3,4)5/h10-13,17H,7-9,14-15H2,1-6H3. The molecule has 0 fully saturated rings. The summed E-state index contributed by atoms with van der Waals surface area (Å²) in [6.07, 6.45) is 3.63. The second-order valence-electron chi connectivity index (χ2n) is 6.98. The van der Waals surface area contributed by atoms with Gasteiger partial charge in [0.1, 0.15) is 12.4 Å². The minimum absolute atomic E-state index is 0.199. The second kappa shape index (κ2) is 8.43. The molecule has 0 amide bonds. The van der Waals surface area contributed by atoms with Crippen molar-refractivity contribution in [3.8, 4) is 5.75 Å². The predicted molar refractivity (Wildman–Crippen MR) is 92.3 cm³/mol. The minimum Gasteiger partial charge on any atom is -0.492 e. The Labute approximate surface area is 131 Å². The fourth-order valence-electron chi connectivity index (χ4n) is 2.39. The van der Waals surface area contributed by atoms with E-state index in [0.717, 1.165) is 25.3 Å². The molecule has 2 heteroatoms. The first-order valence-electron chi connectivity index (χ1n) is 8.32. The van der Waals surface area contributed by atoms with Crippen molar-refractivity contribution in [1.82, 2.24) is 4.90 Å². The molecule has 0 heterocycles. The van der Waals surface area contributed by atoms with E-state index in [4.69, 9.17) is 4.74 Å². The lowest BCUT2D eigenvalue weighted by atomic mass is 9.87. The summed E-state index contributed by atoms with van der Waals surface area (Å²) in [5, 5.41) is 0. The fourth-order valence-corrected chi connectivity index (χ4v) is 2.39. The van der Waals surface area contributed by atoms with Crippen LogP contribution >= 0.6 is 0 Å². The molecular formula is C19H33NO. The summed E-state index contributed by atoms with van der Waals surface area (Å²) in [5.74, 6) is 0.977. The monoisotopic (exact) mass is 291 g/mol. The lowest BCUT2D eigenvalue weighted by Gasteiger charge is -2.27. The molecule has 0 aromatic heterocycles. The minimum atomic E-state index is 0.199. The molecule has 1 aromatic rings. The first-order valence-corrected chi connectivity index (χ1v) is 8.32. The van der Waals surface area contributed by atoms with Crippen LogP contribution in [0.15, 0.2) is 24.3 Å². The molecule has 0 aliphatic carbocycles. The van der Waals surface area contributed by atoms with Crippen LogP contribution in [0.25, 0.3) is 0 Å². The molecule has 1 aromatic carbocycles. The Kier molecular flexibility index (Phi) is 7.24. The van der Waals surface area contributed by atoms with E-state index in [0.29, 0.717) is 6.04 Å². The van der Waals surface area contributed by atoms with E-state index in [9.17, 15) is 0 Å². The van der Waals surface area contributed by atoms with Crippen molar-refractivity contribution in [2.75, 3.05) is 20.2 Å². The number of rotatable bonds is 8. The number of ether oxygens (including phenoxy) is 1. The van der Waals surface area contributed by atoms with Crippen LogP contribution in [-0.2, 0) is 5.41 Å². The Morgan fingerprint density at radius 1 is 1.10 bits per heavy atom. The van der Waals surface area contributed by atoms with E-state index in [2.05, 4.69) is 70.8 Å². The van der Waals surface area contributed by atoms with Gasteiger partial charge in [-0.2, -0.15) is 0 Å². The first-order chi connectivity index (χ1) is 9.88. The third kappa shape index (κ3) is 6.09. The number of hydrogen-bond donors (Lipinski definition) is 0. The Balaban J connectivity index is 2.53. The highest BCUT2D eigenvalue weighted by molar-refractivity contribution is 5.31. The van der Waals surface area contributed by atoms with Crippen molar-refractivity contribution in [2.45, 2.75) is 65.3 Å². The molecular weight excluding hydrogens is 258 g/mol. The van der Waals surface area contributed by atoms with Crippen LogP contribution in [0.1, 0.15) is 59.4 Å². The molecule has 21 heavy (non-hydrogen) atoms. The maximum absolute atomic E-state index is 5.99. The molecule has 2 nitrogen and oxygen atoms in total. The number of hydrogen-bond acceptors (Lipinski definition) is 2. The lowest BCUT2D eigenvalue weighted by molar-refractivity contribution is 0.155. The van der Waals surface area contributed by atoms with Crippen LogP contribution in [-0.4, -0.2) is 31.1 Å². The SMILES string of the molecule is CCCCN(C)C(CC)COc1ccc(C(C)(C)C)cc1. The van der Waals surface area contributed by atoms with Gasteiger partial charge < -0.3 is 9.64 Å². The summed E-state index contributed by atoms with van der Waals surface area (Å²) in [5.41, 5.74) is 1.55. The van der Waals surface area contributed by atoms with Crippen molar-refractivity contribution in [2.24, 2.45) is 0 Å². The predicted octanol–water partition coefficient (Wildman–Crippen LogP) is 4.87. The van der Waals surface area contributed by atoms with Crippen molar-refractivity contribution in [1.29, 1.82) is 0 Å². The highest BCUT2D eigenvalue weighted by Gasteiger charge is 2.15. The summed E-state index contributed by atoms with van der Waals surface area (Å²) < 4.78 is 5.99. The first kappa shape index (κ1) is 18.0. The van der Waals surface area contributed by atoms with Gasteiger partial charge in [0.15, 0.2) is 0 Å². The summed E-state index contributed by atoms with van der Waals surface area (Å²) in [6.45, 7) is 13.1. The summed E-state index contributed by atoms with van der Waals surface area (Å²) >= 11 is 0. The molecule has 120 valence electrons. The van der Waals surface area contributed by atoms with E-state index in [1.54, 1.807) is 0 Å². The van der Waals surface area contributed by atoms with Gasteiger partial charge in [0, 0.05) is 6.04 Å². The highest BCUT2D eigenvalue weighted by atomic mass is 16.5. The van der Waals surface area contributed by atoms with Gasteiger partial charge in [-0.05, 0) is 49.5 Å². The zero-order valence-corrected chi connectivity index (χ0v) is 14.8. The summed E-state index contributed by atoms with van der Waals surface area (Å²) in [7, 11) is 2.20. The van der Waals surface area contributed by atoms with Crippen LogP contribution in [0, 0.1) is 0 Å². The van der Waals surface area contributed by atoms with Gasteiger partial charge in [-0.15, -0.1) is 0 Å². The molecule has 1 unspecified atom stereocenters. The van der Waals surface area contributed by atoms with Gasteiger partial charge in [0.25, 0.3) is 0 Å². The normalized spacial score (nSPS) is 13.5. The molecule has 1 atom stereocenters. The van der Waals surface area contributed by atoms with Gasteiger partial charge >= 0.3 is 0 Å². The van der Waals surface area contributed by atoms with Crippen LogP contribution in [0.2, 0.25) is 0 Å². The van der Waals surface area contributed by atoms with Crippen LogP contribution < -0.4 is 4.74 Å². The van der Waals surface area contributed by atoms with Crippen molar-refractivity contribution < 1.29 is 4.74 Å². The van der Waals surface area contributed by atoms with Gasteiger partial charge in [-0.1, -0.05) is 53.2 Å². The number of unbranched alkanes of at least 4 members (excludes halogenated alkanes) is 1. The Bertz CT molecular complexity index is 391. The zero-order chi connectivity index (χ0) is 15.9. The molecule has 0 aliphatic heterocycles. The molecule has 0 aliphatic rings. The molecule has 0 saturated heterocycles. The Hall–Kier alpha value is -1.02. The fraction of sp³-hybridized carbons (Fsp3) is 0.684. The van der Waals surface area contributed by atoms with Crippen LogP contribution in [0.3, 0.4) is 0 Å². The average Bonchev–Trinajstić information content (AvgIpc) is 2.45. The quantitative estimate of drug-likeness (QED) is 0.677. The molecule has 0 N–H and O–H groups in total. The molecule has 1 rings (SSSR count). The molecule has 0 spiro atoms. The maximum atomic E-state index is 5.99. The number of likely N-dealkylation sites (N-methyl/N-ethyl adjacent to an activating group) is 1. The van der Waals surface area contributed by atoms with Crippen molar-refractivity contribution in [3.63, 3.8) is 0 Å². The van der Waals surface area contributed by atoms with Crippen molar-refractivity contribution in [3.05, 3.63) is 29.8 Å². The van der Waals surface area contributed by atoms with E-state index < -0.39 is 0 Å². The highest BCUT2D eigenvalue weighted by Crippen LogP contribution is 2.24. The molecule has 0 radical (unpaired) electrons. The largest absolute Gasteiger partial charge is 0.492 e. The third-order valence-electron chi connectivity index (χ3n) is 4.12. The van der Waals surface area contributed by atoms with Gasteiger partial charge in [0.2, 0.25) is 0 Å². The Morgan fingerprint density at radius 2 is 1.71 bits per heavy atom. The lowest BCUT2D eigenvalue weighted by Crippen LogP contribution is -2.36.